The van der Waals surface area contributed by atoms with Gasteiger partial charge in [0.2, 0.25) is 0 Å². The summed E-state index contributed by atoms with van der Waals surface area (Å²) in [6.07, 6.45) is 9.95. The maximum Gasteiger partial charge on any atom is 0.00963 e. The van der Waals surface area contributed by atoms with Crippen molar-refractivity contribution in [2.45, 2.75) is 64.0 Å². The summed E-state index contributed by atoms with van der Waals surface area (Å²) in [5.74, 6) is 0. The molecule has 0 radical (unpaired) electrons. The molecule has 0 amide bonds. The molecule has 0 atom stereocenters. The molecule has 0 heterocycles. The third-order valence-corrected chi connectivity index (χ3v) is 3.88. The summed E-state index contributed by atoms with van der Waals surface area (Å²) in [7, 11) is 0. The van der Waals surface area contributed by atoms with Crippen molar-refractivity contribution in [2.24, 2.45) is 0 Å². The van der Waals surface area contributed by atoms with E-state index in [0.717, 1.165) is 12.1 Å². The number of nitrogens with one attached hydrogen (secondary N) is 1. The van der Waals surface area contributed by atoms with Crippen LogP contribution in [-0.4, -0.2) is 36.6 Å². The summed E-state index contributed by atoms with van der Waals surface area (Å²) < 4.78 is 0. The molecular weight excluding hydrogens is 184 g/mol. The normalized spacial score (nSPS) is 22.8. The third kappa shape index (κ3) is 3.76. The lowest BCUT2D eigenvalue weighted by atomic mass is 10.2. The molecule has 0 bridgehead atoms. The fraction of sp³-hybridized carbons (Fsp3) is 1.00. The van der Waals surface area contributed by atoms with Crippen LogP contribution in [0.4, 0.5) is 0 Å². The lowest BCUT2D eigenvalue weighted by Crippen LogP contribution is -2.32. The average Bonchev–Trinajstić information content (AvgIpc) is 2.95. The molecule has 2 heteroatoms. The number of hydrogen-bond acceptors (Lipinski definition) is 2. The fourth-order valence-corrected chi connectivity index (χ4v) is 2.76. The molecule has 2 rings (SSSR count). The van der Waals surface area contributed by atoms with E-state index >= 15 is 0 Å². The van der Waals surface area contributed by atoms with Gasteiger partial charge in [-0.25, -0.2) is 0 Å². The van der Waals surface area contributed by atoms with Crippen LogP contribution in [0.1, 0.15) is 51.9 Å². The Morgan fingerprint density at radius 1 is 1.13 bits per heavy atom. The van der Waals surface area contributed by atoms with Crippen molar-refractivity contribution >= 4 is 0 Å². The van der Waals surface area contributed by atoms with Crippen molar-refractivity contribution in [3.05, 3.63) is 0 Å². The van der Waals surface area contributed by atoms with E-state index < -0.39 is 0 Å². The molecule has 0 aliphatic heterocycles. The van der Waals surface area contributed by atoms with E-state index in [2.05, 4.69) is 17.1 Å². The number of nitrogens with zero attached hydrogens (tertiary/aromatic N) is 1. The molecule has 2 fully saturated rings. The Morgan fingerprint density at radius 2 is 1.87 bits per heavy atom. The average molecular weight is 210 g/mol. The summed E-state index contributed by atoms with van der Waals surface area (Å²) in [5, 5.41) is 3.69. The van der Waals surface area contributed by atoms with Gasteiger partial charge in [0.25, 0.3) is 0 Å². The second-order valence-corrected chi connectivity index (χ2v) is 5.15. The largest absolute Gasteiger partial charge is 0.314 e. The Bertz CT molecular complexity index is 171. The summed E-state index contributed by atoms with van der Waals surface area (Å²) in [6, 6.07) is 1.79. The Kier molecular flexibility index (Phi) is 4.45. The summed E-state index contributed by atoms with van der Waals surface area (Å²) in [4.78, 5) is 2.65. The summed E-state index contributed by atoms with van der Waals surface area (Å²) in [5.41, 5.74) is 0. The van der Waals surface area contributed by atoms with E-state index in [0.29, 0.717) is 0 Å². The minimum absolute atomic E-state index is 0.848. The SMILES string of the molecule is CCN(CCCNC1CCCC1)C1CC1. The molecule has 0 aromatic rings. The Hall–Kier alpha value is -0.0800. The number of rotatable bonds is 7. The molecule has 88 valence electrons. The maximum atomic E-state index is 3.69. The monoisotopic (exact) mass is 210 g/mol. The van der Waals surface area contributed by atoms with Crippen LogP contribution in [0, 0.1) is 0 Å². The Morgan fingerprint density at radius 3 is 2.47 bits per heavy atom. The van der Waals surface area contributed by atoms with E-state index in [-0.39, 0.29) is 0 Å². The lowest BCUT2D eigenvalue weighted by Gasteiger charge is -2.20. The topological polar surface area (TPSA) is 15.3 Å². The molecule has 2 saturated carbocycles. The van der Waals surface area contributed by atoms with Crippen LogP contribution in [0.2, 0.25) is 0 Å². The van der Waals surface area contributed by atoms with Crippen LogP contribution in [0.3, 0.4) is 0 Å². The maximum absolute atomic E-state index is 3.69. The molecule has 0 saturated heterocycles. The van der Waals surface area contributed by atoms with Gasteiger partial charge in [0, 0.05) is 12.1 Å². The second-order valence-electron chi connectivity index (χ2n) is 5.15. The van der Waals surface area contributed by atoms with Crippen LogP contribution in [0.25, 0.3) is 0 Å². The van der Waals surface area contributed by atoms with Crippen molar-refractivity contribution in [3.8, 4) is 0 Å². The third-order valence-electron chi connectivity index (χ3n) is 3.88. The second kappa shape index (κ2) is 5.86. The lowest BCUT2D eigenvalue weighted by molar-refractivity contribution is 0.271. The standard InChI is InChI=1S/C13H26N2/c1-2-15(13-8-9-13)11-5-10-14-12-6-3-4-7-12/h12-14H,2-11H2,1H3. The highest BCUT2D eigenvalue weighted by Gasteiger charge is 2.27. The highest BCUT2D eigenvalue weighted by atomic mass is 15.2. The molecule has 15 heavy (non-hydrogen) atoms. The fourth-order valence-electron chi connectivity index (χ4n) is 2.76. The summed E-state index contributed by atoms with van der Waals surface area (Å²) >= 11 is 0. The van der Waals surface area contributed by atoms with Crippen molar-refractivity contribution < 1.29 is 0 Å². The van der Waals surface area contributed by atoms with Gasteiger partial charge in [-0.2, -0.15) is 0 Å². The van der Waals surface area contributed by atoms with Crippen LogP contribution in [0.5, 0.6) is 0 Å². The van der Waals surface area contributed by atoms with Gasteiger partial charge in [-0.15, -0.1) is 0 Å². The smallest absolute Gasteiger partial charge is 0.00963 e. The van der Waals surface area contributed by atoms with Gasteiger partial charge in [-0.05, 0) is 51.7 Å². The van der Waals surface area contributed by atoms with Crippen molar-refractivity contribution in [1.29, 1.82) is 0 Å². The van der Waals surface area contributed by atoms with Gasteiger partial charge < -0.3 is 10.2 Å². The predicted molar refractivity (Wildman–Crippen MR) is 65.1 cm³/mol. The van der Waals surface area contributed by atoms with Crippen LogP contribution in [0.15, 0.2) is 0 Å². The zero-order chi connectivity index (χ0) is 10.5. The van der Waals surface area contributed by atoms with E-state index in [1.165, 1.54) is 64.6 Å². The minimum atomic E-state index is 0.848. The van der Waals surface area contributed by atoms with Gasteiger partial charge in [0.15, 0.2) is 0 Å². The predicted octanol–water partition coefficient (Wildman–Crippen LogP) is 2.39. The first-order chi connectivity index (χ1) is 7.40. The van der Waals surface area contributed by atoms with Gasteiger partial charge >= 0.3 is 0 Å². The van der Waals surface area contributed by atoms with Crippen molar-refractivity contribution in [1.82, 2.24) is 10.2 Å². The first kappa shape index (κ1) is 11.4. The quantitative estimate of drug-likeness (QED) is 0.649. The van der Waals surface area contributed by atoms with Gasteiger partial charge in [0.05, 0.1) is 0 Å². The van der Waals surface area contributed by atoms with Crippen molar-refractivity contribution in [3.63, 3.8) is 0 Å². The van der Waals surface area contributed by atoms with Crippen LogP contribution < -0.4 is 5.32 Å². The Labute approximate surface area is 94.4 Å². The van der Waals surface area contributed by atoms with Crippen LogP contribution in [-0.2, 0) is 0 Å². The molecule has 0 aromatic carbocycles. The minimum Gasteiger partial charge on any atom is -0.314 e. The highest BCUT2D eigenvalue weighted by Crippen LogP contribution is 2.26. The molecule has 1 N–H and O–H groups in total. The Balaban J connectivity index is 1.49. The molecular formula is C13H26N2. The van der Waals surface area contributed by atoms with Gasteiger partial charge in [-0.1, -0.05) is 19.8 Å². The van der Waals surface area contributed by atoms with E-state index in [9.17, 15) is 0 Å². The van der Waals surface area contributed by atoms with Gasteiger partial charge in [0.1, 0.15) is 0 Å². The number of hydrogen-bond donors (Lipinski definition) is 1. The molecule has 2 aliphatic carbocycles. The first-order valence-electron chi connectivity index (χ1n) is 6.87. The molecule has 0 aromatic heterocycles. The van der Waals surface area contributed by atoms with E-state index in [1.807, 2.05) is 0 Å². The highest BCUT2D eigenvalue weighted by molar-refractivity contribution is 4.83. The molecule has 0 spiro atoms. The zero-order valence-electron chi connectivity index (χ0n) is 10.2. The van der Waals surface area contributed by atoms with Gasteiger partial charge in [-0.3, -0.25) is 0 Å². The van der Waals surface area contributed by atoms with Crippen LogP contribution >= 0.6 is 0 Å². The molecule has 2 nitrogen and oxygen atoms in total. The summed E-state index contributed by atoms with van der Waals surface area (Å²) in [6.45, 7) is 6.07. The van der Waals surface area contributed by atoms with E-state index in [4.69, 9.17) is 0 Å². The van der Waals surface area contributed by atoms with Crippen molar-refractivity contribution in [2.75, 3.05) is 19.6 Å². The van der Waals surface area contributed by atoms with E-state index in [1.54, 1.807) is 0 Å². The molecule has 0 unspecified atom stereocenters. The zero-order valence-corrected chi connectivity index (χ0v) is 10.2. The first-order valence-corrected chi connectivity index (χ1v) is 6.87. The molecule has 2 aliphatic rings.